The van der Waals surface area contributed by atoms with E-state index in [0.29, 0.717) is 11.8 Å². The fourth-order valence-corrected chi connectivity index (χ4v) is 3.29. The van der Waals surface area contributed by atoms with Crippen molar-refractivity contribution >= 4 is 17.9 Å². The van der Waals surface area contributed by atoms with Crippen molar-refractivity contribution < 1.29 is 9.53 Å². The van der Waals surface area contributed by atoms with Gasteiger partial charge in [0, 0.05) is 30.0 Å². The number of hydrogen-bond acceptors (Lipinski definition) is 5. The lowest BCUT2D eigenvalue weighted by Gasteiger charge is -2.10. The number of nitrogens with zero attached hydrogens (tertiary/aromatic N) is 5. The molecule has 0 saturated heterocycles. The molecule has 3 aromatic rings. The lowest BCUT2D eigenvalue weighted by molar-refractivity contribution is -0.112. The Morgan fingerprint density at radius 3 is 2.48 bits per heavy atom. The van der Waals surface area contributed by atoms with E-state index in [1.165, 1.54) is 4.68 Å². The van der Waals surface area contributed by atoms with E-state index in [4.69, 9.17) is 4.74 Å². The van der Waals surface area contributed by atoms with Crippen LogP contribution in [-0.2, 0) is 11.8 Å². The third kappa shape index (κ3) is 4.51. The Kier molecular flexibility index (Phi) is 6.25. The van der Waals surface area contributed by atoms with Gasteiger partial charge in [0.25, 0.3) is 5.91 Å². The molecular weight excluding hydrogens is 392 g/mol. The van der Waals surface area contributed by atoms with Crippen LogP contribution in [0.15, 0.2) is 35.9 Å². The number of anilines is 1. The summed E-state index contributed by atoms with van der Waals surface area (Å²) in [5.41, 5.74) is 3.66. The Morgan fingerprint density at radius 2 is 1.94 bits per heavy atom. The van der Waals surface area contributed by atoms with Gasteiger partial charge in [-0.05, 0) is 55.8 Å². The number of carbonyl (C=O) groups is 1. The van der Waals surface area contributed by atoms with Crippen molar-refractivity contribution in [2.45, 2.75) is 33.6 Å². The minimum Gasteiger partial charge on any atom is -0.497 e. The summed E-state index contributed by atoms with van der Waals surface area (Å²) in [7, 11) is 3.33. The molecule has 0 saturated carbocycles. The first-order valence-electron chi connectivity index (χ1n) is 9.92. The average Bonchev–Trinajstić information content (AvgIpc) is 3.25. The van der Waals surface area contributed by atoms with Gasteiger partial charge in [0.2, 0.25) is 5.95 Å². The molecule has 0 bridgehead atoms. The van der Waals surface area contributed by atoms with Gasteiger partial charge in [0.05, 0.1) is 7.11 Å². The Morgan fingerprint density at radius 1 is 1.26 bits per heavy atom. The van der Waals surface area contributed by atoms with Crippen molar-refractivity contribution in [1.29, 1.82) is 5.26 Å². The molecule has 8 nitrogen and oxygen atoms in total. The number of carbonyl (C=O) groups excluding carboxylic acids is 1. The van der Waals surface area contributed by atoms with Crippen LogP contribution in [0.5, 0.6) is 5.75 Å². The molecule has 0 atom stereocenters. The average molecular weight is 419 g/mol. The van der Waals surface area contributed by atoms with Crippen LogP contribution in [0.1, 0.15) is 42.5 Å². The van der Waals surface area contributed by atoms with Gasteiger partial charge in [0.1, 0.15) is 17.4 Å². The molecule has 2 heterocycles. The maximum atomic E-state index is 12.7. The third-order valence-corrected chi connectivity index (χ3v) is 4.99. The minimum absolute atomic E-state index is 0.0101. The lowest BCUT2D eigenvalue weighted by Crippen LogP contribution is -2.16. The molecule has 0 spiro atoms. The van der Waals surface area contributed by atoms with Crippen molar-refractivity contribution in [3.63, 3.8) is 0 Å². The molecule has 1 aromatic carbocycles. The highest BCUT2D eigenvalue weighted by molar-refractivity contribution is 6.09. The van der Waals surface area contributed by atoms with Gasteiger partial charge in [-0.15, -0.1) is 0 Å². The maximum absolute atomic E-state index is 12.7. The van der Waals surface area contributed by atoms with Gasteiger partial charge in [-0.2, -0.15) is 15.3 Å². The molecule has 0 radical (unpaired) electrons. The van der Waals surface area contributed by atoms with Gasteiger partial charge in [-0.3, -0.25) is 10.1 Å². The molecular formula is C23H26N6O2. The number of methoxy groups -OCH3 is 1. The molecule has 2 aromatic heterocycles. The number of hydrogen-bond donors (Lipinski definition) is 1. The predicted octanol–water partition coefficient (Wildman–Crippen LogP) is 3.90. The summed E-state index contributed by atoms with van der Waals surface area (Å²) < 4.78 is 8.79. The largest absolute Gasteiger partial charge is 0.497 e. The first kappa shape index (κ1) is 21.8. The van der Waals surface area contributed by atoms with Gasteiger partial charge >= 0.3 is 0 Å². The number of nitrogens with one attached hydrogen (secondary N) is 1. The standard InChI is InChI=1S/C23H26N6O2/c1-14(2)21-25-23(28(5)27-21)26-22(30)18(13-24)12-17-11-15(3)29(16(17)4)19-7-9-20(31-6)10-8-19/h7-12,14H,1-6H3,(H,25,26,27,30). The number of benzene rings is 1. The second-order valence-electron chi connectivity index (χ2n) is 7.56. The Bertz CT molecular complexity index is 1180. The van der Waals surface area contributed by atoms with Gasteiger partial charge < -0.3 is 9.30 Å². The van der Waals surface area contributed by atoms with E-state index in [0.717, 1.165) is 28.4 Å². The van der Waals surface area contributed by atoms with E-state index in [1.807, 2.05) is 64.1 Å². The summed E-state index contributed by atoms with van der Waals surface area (Å²) in [4.78, 5) is 17.1. The lowest BCUT2D eigenvalue weighted by atomic mass is 10.1. The first-order chi connectivity index (χ1) is 14.7. The molecule has 0 fully saturated rings. The monoisotopic (exact) mass is 418 g/mol. The van der Waals surface area contributed by atoms with Crippen molar-refractivity contribution in [1.82, 2.24) is 19.3 Å². The highest BCUT2D eigenvalue weighted by Gasteiger charge is 2.17. The van der Waals surface area contributed by atoms with Crippen LogP contribution in [-0.4, -0.2) is 32.3 Å². The van der Waals surface area contributed by atoms with Crippen molar-refractivity contribution in [2.75, 3.05) is 12.4 Å². The van der Waals surface area contributed by atoms with Crippen LogP contribution >= 0.6 is 0 Å². The second-order valence-corrected chi connectivity index (χ2v) is 7.56. The molecule has 0 aliphatic heterocycles. The number of rotatable bonds is 6. The number of aromatic nitrogens is 4. The number of aryl methyl sites for hydroxylation is 2. The number of nitriles is 1. The molecule has 3 rings (SSSR count). The highest BCUT2D eigenvalue weighted by Crippen LogP contribution is 2.24. The zero-order valence-corrected chi connectivity index (χ0v) is 18.6. The van der Waals surface area contributed by atoms with Crippen LogP contribution in [0.3, 0.4) is 0 Å². The van der Waals surface area contributed by atoms with Crippen molar-refractivity contribution in [2.24, 2.45) is 7.05 Å². The normalized spacial score (nSPS) is 11.5. The molecule has 1 amide bonds. The summed E-state index contributed by atoms with van der Waals surface area (Å²) in [6.07, 6.45) is 1.59. The Labute approximate surface area is 181 Å². The van der Waals surface area contributed by atoms with Crippen LogP contribution in [0.2, 0.25) is 0 Å². The number of amides is 1. The smallest absolute Gasteiger partial charge is 0.268 e. The quantitative estimate of drug-likeness (QED) is 0.484. The zero-order valence-electron chi connectivity index (χ0n) is 18.6. The summed E-state index contributed by atoms with van der Waals surface area (Å²) in [5.74, 6) is 1.31. The van der Waals surface area contributed by atoms with E-state index >= 15 is 0 Å². The maximum Gasteiger partial charge on any atom is 0.268 e. The predicted molar refractivity (Wildman–Crippen MR) is 119 cm³/mol. The fourth-order valence-electron chi connectivity index (χ4n) is 3.29. The summed E-state index contributed by atoms with van der Waals surface area (Å²) in [6, 6.07) is 11.7. The molecule has 160 valence electrons. The second kappa shape index (κ2) is 8.88. The SMILES string of the molecule is COc1ccc(-n2c(C)cc(C=C(C#N)C(=O)Nc3nc(C(C)C)nn3C)c2C)cc1. The Hall–Kier alpha value is -3.86. The topological polar surface area (TPSA) is 97.8 Å². The summed E-state index contributed by atoms with van der Waals surface area (Å²) >= 11 is 0. The van der Waals surface area contributed by atoms with E-state index in [9.17, 15) is 10.1 Å². The van der Waals surface area contributed by atoms with E-state index in [-0.39, 0.29) is 11.5 Å². The molecule has 1 N–H and O–H groups in total. The van der Waals surface area contributed by atoms with E-state index < -0.39 is 5.91 Å². The van der Waals surface area contributed by atoms with Crippen LogP contribution in [0.4, 0.5) is 5.95 Å². The Balaban J connectivity index is 1.90. The molecule has 0 aliphatic carbocycles. The first-order valence-corrected chi connectivity index (χ1v) is 9.92. The summed E-state index contributed by atoms with van der Waals surface area (Å²) in [5, 5.41) is 16.6. The van der Waals surface area contributed by atoms with Crippen molar-refractivity contribution in [3.05, 3.63) is 58.7 Å². The molecule has 8 heteroatoms. The molecule has 0 unspecified atom stereocenters. The van der Waals surface area contributed by atoms with Crippen molar-refractivity contribution in [3.8, 4) is 17.5 Å². The molecule has 0 aliphatic rings. The van der Waals surface area contributed by atoms with Gasteiger partial charge in [-0.25, -0.2) is 4.68 Å². The van der Waals surface area contributed by atoms with Gasteiger partial charge in [0.15, 0.2) is 5.82 Å². The van der Waals surface area contributed by atoms with Gasteiger partial charge in [-0.1, -0.05) is 13.8 Å². The van der Waals surface area contributed by atoms with Crippen LogP contribution in [0.25, 0.3) is 11.8 Å². The minimum atomic E-state index is -0.525. The van der Waals surface area contributed by atoms with E-state index in [1.54, 1.807) is 20.2 Å². The fraction of sp³-hybridized carbons (Fsp3) is 0.304. The molecule has 31 heavy (non-hydrogen) atoms. The van der Waals surface area contributed by atoms with Crippen LogP contribution < -0.4 is 10.1 Å². The number of ether oxygens (including phenoxy) is 1. The zero-order chi connectivity index (χ0) is 22.7. The van der Waals surface area contributed by atoms with Crippen LogP contribution in [0, 0.1) is 25.2 Å². The summed E-state index contributed by atoms with van der Waals surface area (Å²) in [6.45, 7) is 7.88. The third-order valence-electron chi connectivity index (χ3n) is 4.99. The van der Waals surface area contributed by atoms with E-state index in [2.05, 4.69) is 20.0 Å². The highest BCUT2D eigenvalue weighted by atomic mass is 16.5.